The van der Waals surface area contributed by atoms with Crippen LogP contribution in [-0.2, 0) is 12.7 Å². The largest absolute Gasteiger partial charge is 0.416 e. The fraction of sp³-hybridized carbons (Fsp3) is 0.588. The van der Waals surface area contributed by atoms with E-state index in [9.17, 15) is 18.0 Å². The number of carbonyl (C=O) groups excluding carboxylic acids is 1. The minimum Gasteiger partial charge on any atom is -0.338 e. The van der Waals surface area contributed by atoms with Crippen molar-refractivity contribution in [2.75, 3.05) is 26.2 Å². The first-order valence-corrected chi connectivity index (χ1v) is 8.35. The summed E-state index contributed by atoms with van der Waals surface area (Å²) in [6.07, 6.45) is 0.112. The first-order valence-electron chi connectivity index (χ1n) is 8.35. The molecule has 134 valence electrons. The van der Waals surface area contributed by atoms with Gasteiger partial charge < -0.3 is 15.5 Å². The zero-order valence-corrected chi connectivity index (χ0v) is 13.7. The summed E-state index contributed by atoms with van der Waals surface area (Å²) in [5.74, 6) is 0. The number of halogens is 3. The molecule has 1 aliphatic rings. The predicted octanol–water partition coefficient (Wildman–Crippen LogP) is 3.38. The molecular formula is C17H24F3N3O. The van der Waals surface area contributed by atoms with Crippen molar-refractivity contribution < 1.29 is 18.0 Å². The zero-order valence-electron chi connectivity index (χ0n) is 13.7. The van der Waals surface area contributed by atoms with Gasteiger partial charge in [-0.1, -0.05) is 12.1 Å². The Morgan fingerprint density at radius 3 is 2.58 bits per heavy atom. The van der Waals surface area contributed by atoms with Gasteiger partial charge in [-0.3, -0.25) is 0 Å². The van der Waals surface area contributed by atoms with Crippen LogP contribution in [0.3, 0.4) is 0 Å². The van der Waals surface area contributed by atoms with Gasteiger partial charge in [0.1, 0.15) is 0 Å². The minimum atomic E-state index is -4.37. The van der Waals surface area contributed by atoms with E-state index in [1.54, 1.807) is 6.07 Å². The van der Waals surface area contributed by atoms with Gasteiger partial charge in [0.15, 0.2) is 0 Å². The van der Waals surface area contributed by atoms with Crippen LogP contribution in [0.25, 0.3) is 0 Å². The van der Waals surface area contributed by atoms with Crippen molar-refractivity contribution in [3.63, 3.8) is 0 Å². The summed E-state index contributed by atoms with van der Waals surface area (Å²) in [4.78, 5) is 14.1. The van der Waals surface area contributed by atoms with Crippen molar-refractivity contribution in [3.8, 4) is 0 Å². The van der Waals surface area contributed by atoms with Gasteiger partial charge in [-0.15, -0.1) is 0 Å². The number of alkyl halides is 3. The van der Waals surface area contributed by atoms with Gasteiger partial charge >= 0.3 is 12.2 Å². The molecule has 0 atom stereocenters. The van der Waals surface area contributed by atoms with Crippen LogP contribution in [0.1, 0.15) is 36.8 Å². The number of unbranched alkanes of at least 4 members (excludes halogenated alkanes) is 1. The monoisotopic (exact) mass is 343 g/mol. The van der Waals surface area contributed by atoms with Crippen molar-refractivity contribution in [1.29, 1.82) is 0 Å². The molecule has 2 N–H and O–H groups in total. The highest BCUT2D eigenvalue weighted by molar-refractivity contribution is 5.73. The maximum atomic E-state index is 12.6. The maximum Gasteiger partial charge on any atom is 0.416 e. The van der Waals surface area contributed by atoms with Crippen molar-refractivity contribution in [2.24, 2.45) is 0 Å². The van der Waals surface area contributed by atoms with E-state index in [2.05, 4.69) is 15.5 Å². The number of hydrogen-bond donors (Lipinski definition) is 2. The molecule has 1 aromatic rings. The number of likely N-dealkylation sites (tertiary alicyclic amines) is 1. The lowest BCUT2D eigenvalue weighted by molar-refractivity contribution is -0.137. The molecule has 1 fully saturated rings. The number of rotatable bonds is 7. The summed E-state index contributed by atoms with van der Waals surface area (Å²) in [5.41, 5.74) is -0.280. The third-order valence-electron chi connectivity index (χ3n) is 4.09. The molecule has 1 heterocycles. The second-order valence-electron chi connectivity index (χ2n) is 6.06. The number of nitrogens with one attached hydrogen (secondary N) is 2. The van der Waals surface area contributed by atoms with Gasteiger partial charge in [0, 0.05) is 13.1 Å². The summed E-state index contributed by atoms with van der Waals surface area (Å²) in [6.45, 7) is 4.05. The molecule has 0 radical (unpaired) electrons. The second-order valence-corrected chi connectivity index (χ2v) is 6.06. The van der Waals surface area contributed by atoms with E-state index < -0.39 is 11.7 Å². The Hall–Kier alpha value is -1.76. The summed E-state index contributed by atoms with van der Waals surface area (Å²) in [6, 6.07) is 4.62. The average molecular weight is 343 g/mol. The Labute approximate surface area is 140 Å². The van der Waals surface area contributed by atoms with E-state index >= 15 is 0 Å². The molecule has 0 bridgehead atoms. The number of benzene rings is 1. The fourth-order valence-corrected chi connectivity index (χ4v) is 2.77. The third-order valence-corrected chi connectivity index (χ3v) is 4.09. The molecule has 1 saturated heterocycles. The molecule has 0 unspecified atom stereocenters. The van der Waals surface area contributed by atoms with Gasteiger partial charge in [-0.25, -0.2) is 4.79 Å². The topological polar surface area (TPSA) is 44.4 Å². The standard InChI is InChI=1S/C17H24F3N3O/c18-17(19,20)15-7-5-6-14(12-15)13-22-16(24)21-8-1-2-9-23-10-3-4-11-23/h5-7,12H,1-4,8-11,13H2,(H2,21,22,24). The molecule has 2 rings (SSSR count). The molecule has 0 aliphatic carbocycles. The number of nitrogens with zero attached hydrogens (tertiary/aromatic N) is 1. The first-order chi connectivity index (χ1) is 11.4. The molecule has 0 saturated carbocycles. The normalized spacial score (nSPS) is 15.5. The molecular weight excluding hydrogens is 319 g/mol. The first kappa shape index (κ1) is 18.6. The smallest absolute Gasteiger partial charge is 0.338 e. The van der Waals surface area contributed by atoms with E-state index in [0.29, 0.717) is 12.1 Å². The van der Waals surface area contributed by atoms with Crippen molar-refractivity contribution >= 4 is 6.03 Å². The van der Waals surface area contributed by atoms with Crippen LogP contribution in [0.5, 0.6) is 0 Å². The van der Waals surface area contributed by atoms with Crippen LogP contribution in [0.15, 0.2) is 24.3 Å². The van der Waals surface area contributed by atoms with E-state index in [1.165, 1.54) is 32.0 Å². The molecule has 2 amide bonds. The van der Waals surface area contributed by atoms with Crippen LogP contribution in [-0.4, -0.2) is 37.1 Å². The van der Waals surface area contributed by atoms with Gasteiger partial charge in [-0.05, 0) is 63.0 Å². The Kier molecular flexibility index (Phi) is 6.90. The van der Waals surface area contributed by atoms with E-state index in [4.69, 9.17) is 0 Å². The molecule has 4 nitrogen and oxygen atoms in total. The minimum absolute atomic E-state index is 0.0729. The van der Waals surface area contributed by atoms with Gasteiger partial charge in [0.05, 0.1) is 5.56 Å². The Balaban J connectivity index is 1.60. The Bertz CT molecular complexity index is 528. The highest BCUT2D eigenvalue weighted by Crippen LogP contribution is 2.29. The quantitative estimate of drug-likeness (QED) is 0.746. The number of hydrogen-bond acceptors (Lipinski definition) is 2. The summed E-state index contributed by atoms with van der Waals surface area (Å²) >= 11 is 0. The summed E-state index contributed by atoms with van der Waals surface area (Å²) < 4.78 is 37.8. The molecule has 1 aliphatic heterocycles. The van der Waals surface area contributed by atoms with Crippen LogP contribution < -0.4 is 10.6 Å². The average Bonchev–Trinajstić information content (AvgIpc) is 3.05. The van der Waals surface area contributed by atoms with E-state index in [0.717, 1.165) is 31.5 Å². The Morgan fingerprint density at radius 1 is 1.12 bits per heavy atom. The second kappa shape index (κ2) is 8.92. The lowest BCUT2D eigenvalue weighted by Gasteiger charge is -2.14. The Morgan fingerprint density at radius 2 is 1.88 bits per heavy atom. The number of amides is 2. The number of urea groups is 1. The highest BCUT2D eigenvalue weighted by Gasteiger charge is 2.30. The summed E-state index contributed by atoms with van der Waals surface area (Å²) in [5, 5.41) is 5.31. The molecule has 7 heteroatoms. The molecule has 24 heavy (non-hydrogen) atoms. The molecule has 0 spiro atoms. The van der Waals surface area contributed by atoms with E-state index in [-0.39, 0.29) is 12.6 Å². The number of carbonyl (C=O) groups is 1. The van der Waals surface area contributed by atoms with Crippen LogP contribution >= 0.6 is 0 Å². The predicted molar refractivity (Wildman–Crippen MR) is 86.6 cm³/mol. The molecule has 0 aromatic heterocycles. The van der Waals surface area contributed by atoms with E-state index in [1.807, 2.05) is 0 Å². The zero-order chi connectivity index (χ0) is 17.4. The highest BCUT2D eigenvalue weighted by atomic mass is 19.4. The SMILES string of the molecule is O=C(NCCCCN1CCCC1)NCc1cccc(C(F)(F)F)c1. The summed E-state index contributed by atoms with van der Waals surface area (Å²) in [7, 11) is 0. The van der Waals surface area contributed by atoms with Crippen molar-refractivity contribution in [1.82, 2.24) is 15.5 Å². The fourth-order valence-electron chi connectivity index (χ4n) is 2.77. The van der Waals surface area contributed by atoms with Gasteiger partial charge in [0.25, 0.3) is 0 Å². The lowest BCUT2D eigenvalue weighted by atomic mass is 10.1. The molecule has 1 aromatic carbocycles. The van der Waals surface area contributed by atoms with Gasteiger partial charge in [-0.2, -0.15) is 13.2 Å². The van der Waals surface area contributed by atoms with Crippen molar-refractivity contribution in [2.45, 2.75) is 38.4 Å². The van der Waals surface area contributed by atoms with Gasteiger partial charge in [0.2, 0.25) is 0 Å². The van der Waals surface area contributed by atoms with Crippen LogP contribution in [0.4, 0.5) is 18.0 Å². The van der Waals surface area contributed by atoms with Crippen molar-refractivity contribution in [3.05, 3.63) is 35.4 Å². The lowest BCUT2D eigenvalue weighted by Crippen LogP contribution is -2.35. The maximum absolute atomic E-state index is 12.6. The van der Waals surface area contributed by atoms with Crippen LogP contribution in [0, 0.1) is 0 Å². The van der Waals surface area contributed by atoms with Crippen LogP contribution in [0.2, 0.25) is 0 Å². The third kappa shape index (κ3) is 6.39.